The lowest BCUT2D eigenvalue weighted by Crippen LogP contribution is -2.40. The van der Waals surface area contributed by atoms with E-state index in [0.717, 1.165) is 18.4 Å². The van der Waals surface area contributed by atoms with Gasteiger partial charge in [0, 0.05) is 10.5 Å². The molecule has 0 bridgehead atoms. The van der Waals surface area contributed by atoms with E-state index in [4.69, 9.17) is 0 Å². The summed E-state index contributed by atoms with van der Waals surface area (Å²) < 4.78 is 1.20. The van der Waals surface area contributed by atoms with Gasteiger partial charge in [0.25, 0.3) is 0 Å². The lowest BCUT2D eigenvalue weighted by Gasteiger charge is -2.35. The van der Waals surface area contributed by atoms with Crippen LogP contribution in [0, 0.1) is 11.8 Å². The molecule has 0 spiro atoms. The Balaban J connectivity index is 2.02. The Morgan fingerprint density at radius 3 is 2.86 bits per heavy atom. The second kappa shape index (κ2) is 8.95. The molecule has 118 valence electrons. The minimum Gasteiger partial charge on any atom is -0.313 e. The third kappa shape index (κ3) is 5.41. The molecule has 1 aromatic rings. The van der Waals surface area contributed by atoms with Crippen LogP contribution < -0.4 is 5.32 Å². The summed E-state index contributed by atoms with van der Waals surface area (Å²) >= 11 is 3.60. The molecule has 2 heteroatoms. The number of hydrogen-bond donors (Lipinski definition) is 1. The Morgan fingerprint density at radius 2 is 2.14 bits per heavy atom. The molecule has 0 heterocycles. The van der Waals surface area contributed by atoms with Gasteiger partial charge in [0.05, 0.1) is 0 Å². The summed E-state index contributed by atoms with van der Waals surface area (Å²) in [4.78, 5) is 0. The Bertz CT molecular complexity index is 418. The average molecular weight is 352 g/mol. The van der Waals surface area contributed by atoms with E-state index in [1.54, 1.807) is 0 Å². The van der Waals surface area contributed by atoms with Crippen LogP contribution in [0.15, 0.2) is 28.7 Å². The number of halogens is 1. The third-order valence-corrected chi connectivity index (χ3v) is 5.46. The van der Waals surface area contributed by atoms with Crippen molar-refractivity contribution >= 4 is 15.9 Å². The molecule has 1 fully saturated rings. The van der Waals surface area contributed by atoms with Gasteiger partial charge in [-0.2, -0.15) is 0 Å². The van der Waals surface area contributed by atoms with Crippen molar-refractivity contribution in [3.8, 4) is 0 Å². The van der Waals surface area contributed by atoms with Crippen LogP contribution in [0.3, 0.4) is 0 Å². The van der Waals surface area contributed by atoms with Crippen LogP contribution in [-0.2, 0) is 6.42 Å². The zero-order valence-electron chi connectivity index (χ0n) is 13.6. The first-order chi connectivity index (χ1) is 10.2. The largest absolute Gasteiger partial charge is 0.313 e. The van der Waals surface area contributed by atoms with Gasteiger partial charge < -0.3 is 5.32 Å². The van der Waals surface area contributed by atoms with Crippen LogP contribution in [0.5, 0.6) is 0 Å². The molecule has 2 rings (SSSR count). The summed E-state index contributed by atoms with van der Waals surface area (Å²) in [5.41, 5.74) is 1.46. The number of benzene rings is 1. The summed E-state index contributed by atoms with van der Waals surface area (Å²) in [6, 6.07) is 9.47. The van der Waals surface area contributed by atoms with Crippen molar-refractivity contribution in [2.45, 2.75) is 64.8 Å². The second-order valence-corrected chi connectivity index (χ2v) is 7.51. The predicted octanol–water partition coefficient (Wildman–Crippen LogP) is 5.58. The zero-order valence-corrected chi connectivity index (χ0v) is 15.2. The fourth-order valence-corrected chi connectivity index (χ4v) is 4.17. The Morgan fingerprint density at radius 1 is 1.29 bits per heavy atom. The molecule has 1 nitrogen and oxygen atoms in total. The van der Waals surface area contributed by atoms with Crippen LogP contribution in [0.25, 0.3) is 0 Å². The molecule has 21 heavy (non-hydrogen) atoms. The maximum absolute atomic E-state index is 3.84. The highest BCUT2D eigenvalue weighted by Crippen LogP contribution is 2.34. The van der Waals surface area contributed by atoms with Crippen molar-refractivity contribution in [3.63, 3.8) is 0 Å². The second-order valence-electron chi connectivity index (χ2n) is 6.60. The molecule has 0 aromatic heterocycles. The van der Waals surface area contributed by atoms with Crippen LogP contribution >= 0.6 is 15.9 Å². The molecule has 0 amide bonds. The third-order valence-electron chi connectivity index (χ3n) is 4.97. The van der Waals surface area contributed by atoms with E-state index in [1.165, 1.54) is 55.0 Å². The quantitative estimate of drug-likeness (QED) is 0.676. The van der Waals surface area contributed by atoms with Gasteiger partial charge >= 0.3 is 0 Å². The molecule has 1 N–H and O–H groups in total. The van der Waals surface area contributed by atoms with Gasteiger partial charge in [0.2, 0.25) is 0 Å². The fourth-order valence-electron chi connectivity index (χ4n) is 3.72. The maximum atomic E-state index is 3.84. The summed E-state index contributed by atoms with van der Waals surface area (Å²) in [6.07, 6.45) is 9.45. The van der Waals surface area contributed by atoms with Crippen molar-refractivity contribution in [3.05, 3.63) is 34.3 Å². The molecule has 3 unspecified atom stereocenters. The van der Waals surface area contributed by atoms with Gasteiger partial charge in [-0.05, 0) is 61.8 Å². The highest BCUT2D eigenvalue weighted by atomic mass is 79.9. The molecule has 1 aliphatic carbocycles. The molecule has 0 radical (unpaired) electrons. The number of rotatable bonds is 7. The first-order valence-electron chi connectivity index (χ1n) is 8.70. The van der Waals surface area contributed by atoms with Gasteiger partial charge in [-0.3, -0.25) is 0 Å². The van der Waals surface area contributed by atoms with Gasteiger partial charge in [-0.15, -0.1) is 0 Å². The van der Waals surface area contributed by atoms with E-state index < -0.39 is 0 Å². The lowest BCUT2D eigenvalue weighted by atomic mass is 9.75. The Kier molecular flexibility index (Phi) is 7.25. The smallest absolute Gasteiger partial charge is 0.0178 e. The minimum atomic E-state index is 0.647. The normalized spacial score (nSPS) is 24.0. The Labute approximate surface area is 139 Å². The van der Waals surface area contributed by atoms with Gasteiger partial charge in [-0.1, -0.05) is 61.2 Å². The molecular weight excluding hydrogens is 322 g/mol. The maximum Gasteiger partial charge on any atom is 0.0178 e. The standard InChI is InChI=1S/C19H30BrN/c1-3-11-21-19(14-16-8-6-10-18(20)13-16)17-9-5-7-15(4-2)12-17/h6,8,10,13,15,17,19,21H,3-5,7,9,11-12,14H2,1-2H3. The van der Waals surface area contributed by atoms with E-state index in [9.17, 15) is 0 Å². The highest BCUT2D eigenvalue weighted by Gasteiger charge is 2.27. The van der Waals surface area contributed by atoms with Gasteiger partial charge in [0.15, 0.2) is 0 Å². The number of hydrogen-bond acceptors (Lipinski definition) is 1. The van der Waals surface area contributed by atoms with Crippen molar-refractivity contribution in [1.29, 1.82) is 0 Å². The summed E-state index contributed by atoms with van der Waals surface area (Å²) in [5, 5.41) is 3.84. The molecule has 3 atom stereocenters. The summed E-state index contributed by atoms with van der Waals surface area (Å²) in [5.74, 6) is 1.81. The van der Waals surface area contributed by atoms with Crippen molar-refractivity contribution < 1.29 is 0 Å². The molecular formula is C19H30BrN. The predicted molar refractivity (Wildman–Crippen MR) is 95.7 cm³/mol. The molecule has 1 aliphatic rings. The van der Waals surface area contributed by atoms with E-state index in [0.29, 0.717) is 6.04 Å². The summed E-state index contributed by atoms with van der Waals surface area (Å²) in [6.45, 7) is 5.76. The lowest BCUT2D eigenvalue weighted by molar-refractivity contribution is 0.207. The van der Waals surface area contributed by atoms with E-state index in [2.05, 4.69) is 59.4 Å². The SMILES string of the molecule is CCCNC(Cc1cccc(Br)c1)C1CCCC(CC)C1. The van der Waals surface area contributed by atoms with Crippen LogP contribution in [0.2, 0.25) is 0 Å². The van der Waals surface area contributed by atoms with Crippen LogP contribution in [0.1, 0.15) is 57.9 Å². The fraction of sp³-hybridized carbons (Fsp3) is 0.684. The van der Waals surface area contributed by atoms with Crippen molar-refractivity contribution in [2.75, 3.05) is 6.54 Å². The molecule has 0 saturated heterocycles. The average Bonchev–Trinajstić information content (AvgIpc) is 2.51. The Hall–Kier alpha value is -0.340. The summed E-state index contributed by atoms with van der Waals surface area (Å²) in [7, 11) is 0. The van der Waals surface area contributed by atoms with Gasteiger partial charge in [0.1, 0.15) is 0 Å². The molecule has 1 saturated carbocycles. The van der Waals surface area contributed by atoms with Crippen molar-refractivity contribution in [2.24, 2.45) is 11.8 Å². The minimum absolute atomic E-state index is 0.647. The number of nitrogens with one attached hydrogen (secondary N) is 1. The van der Waals surface area contributed by atoms with Crippen molar-refractivity contribution in [1.82, 2.24) is 5.32 Å². The topological polar surface area (TPSA) is 12.0 Å². The van der Waals surface area contributed by atoms with E-state index >= 15 is 0 Å². The molecule has 1 aromatic carbocycles. The highest BCUT2D eigenvalue weighted by molar-refractivity contribution is 9.10. The molecule has 0 aliphatic heterocycles. The monoisotopic (exact) mass is 351 g/mol. The van der Waals surface area contributed by atoms with E-state index in [-0.39, 0.29) is 0 Å². The zero-order chi connectivity index (χ0) is 15.1. The van der Waals surface area contributed by atoms with Crippen LogP contribution in [-0.4, -0.2) is 12.6 Å². The first-order valence-corrected chi connectivity index (χ1v) is 9.50. The van der Waals surface area contributed by atoms with Gasteiger partial charge in [-0.25, -0.2) is 0 Å². The van der Waals surface area contributed by atoms with E-state index in [1.807, 2.05) is 0 Å². The first kappa shape index (κ1) is 17.0. The van der Waals surface area contributed by atoms with Crippen LogP contribution in [0.4, 0.5) is 0 Å².